The Kier molecular flexibility index (Phi) is 7.40. The molecule has 5 N–H and O–H groups in total. The molecular formula is C19H27N2O4. The maximum atomic E-state index is 12.3. The van der Waals surface area contributed by atoms with Crippen LogP contribution in [0.5, 0.6) is 0 Å². The molecule has 137 valence electrons. The number of rotatable bonds is 8. The first-order valence-corrected chi connectivity index (χ1v) is 8.78. The highest BCUT2D eigenvalue weighted by Crippen LogP contribution is 2.19. The molecule has 0 unspecified atom stereocenters. The van der Waals surface area contributed by atoms with Gasteiger partial charge in [-0.1, -0.05) is 30.3 Å². The van der Waals surface area contributed by atoms with Gasteiger partial charge in [0.25, 0.3) is 0 Å². The van der Waals surface area contributed by atoms with Gasteiger partial charge in [-0.15, -0.1) is 0 Å². The number of hydrogen-bond donors (Lipinski definition) is 4. The van der Waals surface area contributed by atoms with E-state index in [1.165, 1.54) is 0 Å². The fraction of sp³-hybridized carbons (Fsp3) is 0.526. The normalized spacial score (nSPS) is 22.8. The second kappa shape index (κ2) is 9.53. The van der Waals surface area contributed by atoms with E-state index < -0.39 is 23.8 Å². The fourth-order valence-corrected chi connectivity index (χ4v) is 3.10. The first kappa shape index (κ1) is 19.4. The van der Waals surface area contributed by atoms with E-state index >= 15 is 0 Å². The molecule has 25 heavy (non-hydrogen) atoms. The highest BCUT2D eigenvalue weighted by Gasteiger charge is 2.30. The number of nitrogens with two attached hydrogens (primary N) is 1. The van der Waals surface area contributed by atoms with Crippen molar-refractivity contribution in [2.75, 3.05) is 0 Å². The van der Waals surface area contributed by atoms with Crippen LogP contribution in [-0.4, -0.2) is 40.3 Å². The van der Waals surface area contributed by atoms with Gasteiger partial charge in [-0.3, -0.25) is 9.59 Å². The van der Waals surface area contributed by atoms with E-state index in [0.29, 0.717) is 32.1 Å². The number of aliphatic hydroxyl groups is 2. The molecule has 1 fully saturated rings. The second-order valence-corrected chi connectivity index (χ2v) is 6.70. The van der Waals surface area contributed by atoms with Gasteiger partial charge in [-0.2, -0.15) is 0 Å². The predicted octanol–water partition coefficient (Wildman–Crippen LogP) is 0.706. The maximum Gasteiger partial charge on any atom is 0.232 e. The van der Waals surface area contributed by atoms with Crippen molar-refractivity contribution in [3.8, 4) is 0 Å². The van der Waals surface area contributed by atoms with Crippen molar-refractivity contribution in [2.24, 2.45) is 11.7 Å². The Labute approximate surface area is 148 Å². The highest BCUT2D eigenvalue weighted by atomic mass is 16.3. The number of benzene rings is 1. The first-order valence-electron chi connectivity index (χ1n) is 8.78. The Hall–Kier alpha value is -1.92. The van der Waals surface area contributed by atoms with E-state index in [1.54, 1.807) is 6.42 Å². The molecule has 1 aliphatic rings. The summed E-state index contributed by atoms with van der Waals surface area (Å²) in [4.78, 5) is 24.0. The van der Waals surface area contributed by atoms with E-state index in [9.17, 15) is 19.8 Å². The summed E-state index contributed by atoms with van der Waals surface area (Å²) in [7, 11) is 0. The summed E-state index contributed by atoms with van der Waals surface area (Å²) in [5.41, 5.74) is 6.40. The van der Waals surface area contributed by atoms with Crippen molar-refractivity contribution in [3.63, 3.8) is 0 Å². The Morgan fingerprint density at radius 1 is 1.20 bits per heavy atom. The molecule has 1 aliphatic carbocycles. The van der Waals surface area contributed by atoms with Crippen molar-refractivity contribution < 1.29 is 19.8 Å². The molecule has 2 rings (SSSR count). The van der Waals surface area contributed by atoms with Crippen molar-refractivity contribution in [2.45, 2.75) is 56.8 Å². The molecule has 2 atom stereocenters. The summed E-state index contributed by atoms with van der Waals surface area (Å²) in [5, 5.41) is 22.5. The van der Waals surface area contributed by atoms with Crippen LogP contribution in [0, 0.1) is 12.3 Å². The number of primary amides is 1. The Bertz CT molecular complexity index is 556. The number of aliphatic hydroxyl groups excluding tert-OH is 2. The SMILES string of the molecule is NC(=O)[C@@H](C[C@@H](O)[CH]Cc1ccccc1)C(=O)NC1CCC(O)CC1. The van der Waals surface area contributed by atoms with Crippen LogP contribution >= 0.6 is 0 Å². The lowest BCUT2D eigenvalue weighted by atomic mass is 9.91. The summed E-state index contributed by atoms with van der Waals surface area (Å²) in [6.45, 7) is 0. The van der Waals surface area contributed by atoms with Crippen molar-refractivity contribution in [1.29, 1.82) is 0 Å². The van der Waals surface area contributed by atoms with Gasteiger partial charge in [-0.25, -0.2) is 0 Å². The maximum absolute atomic E-state index is 12.3. The van der Waals surface area contributed by atoms with E-state index in [-0.39, 0.29) is 18.6 Å². The minimum Gasteiger partial charge on any atom is -0.393 e. The van der Waals surface area contributed by atoms with E-state index in [2.05, 4.69) is 5.32 Å². The Morgan fingerprint density at radius 3 is 2.44 bits per heavy atom. The minimum atomic E-state index is -1.06. The average Bonchev–Trinajstić information content (AvgIpc) is 2.60. The van der Waals surface area contributed by atoms with Crippen LogP contribution in [0.4, 0.5) is 0 Å². The third kappa shape index (κ3) is 6.48. The molecule has 1 saturated carbocycles. The fourth-order valence-electron chi connectivity index (χ4n) is 3.10. The van der Waals surface area contributed by atoms with Crippen LogP contribution < -0.4 is 11.1 Å². The third-order valence-corrected chi connectivity index (χ3v) is 4.65. The lowest BCUT2D eigenvalue weighted by molar-refractivity contribution is -0.135. The summed E-state index contributed by atoms with van der Waals surface area (Å²) in [6, 6.07) is 9.57. The van der Waals surface area contributed by atoms with Crippen LogP contribution in [-0.2, 0) is 16.0 Å². The predicted molar refractivity (Wildman–Crippen MR) is 94.2 cm³/mol. The molecule has 0 bridgehead atoms. The Morgan fingerprint density at radius 2 is 1.84 bits per heavy atom. The van der Waals surface area contributed by atoms with Gasteiger partial charge in [0.15, 0.2) is 0 Å². The third-order valence-electron chi connectivity index (χ3n) is 4.65. The van der Waals surface area contributed by atoms with Gasteiger partial charge in [-0.05, 0) is 50.5 Å². The molecule has 0 saturated heterocycles. The number of carbonyl (C=O) groups is 2. The van der Waals surface area contributed by atoms with Gasteiger partial charge in [0.2, 0.25) is 11.8 Å². The van der Waals surface area contributed by atoms with Crippen molar-refractivity contribution in [3.05, 3.63) is 42.3 Å². The van der Waals surface area contributed by atoms with Gasteiger partial charge < -0.3 is 21.3 Å². The van der Waals surface area contributed by atoms with Crippen LogP contribution in [0.15, 0.2) is 30.3 Å². The van der Waals surface area contributed by atoms with Crippen LogP contribution in [0.1, 0.15) is 37.7 Å². The lowest BCUT2D eigenvalue weighted by Gasteiger charge is -2.27. The molecule has 0 aromatic heterocycles. The second-order valence-electron chi connectivity index (χ2n) is 6.70. The number of nitrogens with one attached hydrogen (secondary N) is 1. The van der Waals surface area contributed by atoms with Gasteiger partial charge in [0, 0.05) is 6.04 Å². The van der Waals surface area contributed by atoms with Crippen molar-refractivity contribution >= 4 is 11.8 Å². The smallest absolute Gasteiger partial charge is 0.232 e. The number of amides is 2. The molecule has 6 heteroatoms. The minimum absolute atomic E-state index is 0.0245. The van der Waals surface area contributed by atoms with E-state index in [0.717, 1.165) is 5.56 Å². The quantitative estimate of drug-likeness (QED) is 0.519. The van der Waals surface area contributed by atoms with Crippen LogP contribution in [0.2, 0.25) is 0 Å². The topological polar surface area (TPSA) is 113 Å². The number of hydrogen-bond acceptors (Lipinski definition) is 4. The van der Waals surface area contributed by atoms with E-state index in [1.807, 2.05) is 30.3 Å². The molecule has 1 aromatic rings. The van der Waals surface area contributed by atoms with Crippen molar-refractivity contribution in [1.82, 2.24) is 5.32 Å². The molecule has 0 aliphatic heterocycles. The zero-order valence-electron chi connectivity index (χ0n) is 14.3. The van der Waals surface area contributed by atoms with Crippen LogP contribution in [0.25, 0.3) is 0 Å². The van der Waals surface area contributed by atoms with Gasteiger partial charge >= 0.3 is 0 Å². The average molecular weight is 347 g/mol. The zero-order chi connectivity index (χ0) is 18.2. The van der Waals surface area contributed by atoms with Gasteiger partial charge in [0.1, 0.15) is 5.92 Å². The van der Waals surface area contributed by atoms with Crippen LogP contribution in [0.3, 0.4) is 0 Å². The molecule has 0 spiro atoms. The highest BCUT2D eigenvalue weighted by molar-refractivity contribution is 5.99. The standard InChI is InChI=1S/C19H27N2O4/c20-18(24)17(19(25)21-14-7-10-15(22)11-8-14)12-16(23)9-6-13-4-2-1-3-5-13/h1-5,9,14-17,22-23H,6-8,10-12H2,(H2,20,24)(H,21,25)/t14?,15?,16-,17+/m0/s1. The first-order chi connectivity index (χ1) is 12.0. The molecule has 6 nitrogen and oxygen atoms in total. The summed E-state index contributed by atoms with van der Waals surface area (Å²) in [6.07, 6.45) is 3.64. The molecule has 1 aromatic carbocycles. The summed E-state index contributed by atoms with van der Waals surface area (Å²) < 4.78 is 0. The zero-order valence-corrected chi connectivity index (χ0v) is 14.3. The largest absolute Gasteiger partial charge is 0.393 e. The van der Waals surface area contributed by atoms with E-state index in [4.69, 9.17) is 5.73 Å². The molecule has 1 radical (unpaired) electrons. The lowest BCUT2D eigenvalue weighted by Crippen LogP contribution is -2.46. The summed E-state index contributed by atoms with van der Waals surface area (Å²) >= 11 is 0. The monoisotopic (exact) mass is 347 g/mol. The van der Waals surface area contributed by atoms with Gasteiger partial charge in [0.05, 0.1) is 12.2 Å². The molecule has 2 amide bonds. The molecule has 0 heterocycles. The summed E-state index contributed by atoms with van der Waals surface area (Å²) in [5.74, 6) is -2.24. The molecular weight excluding hydrogens is 320 g/mol. The number of carbonyl (C=O) groups excluding carboxylic acids is 2. The Balaban J connectivity index is 1.82.